The van der Waals surface area contributed by atoms with Crippen LogP contribution in [0.15, 0.2) is 218 Å². The number of para-hydroxylation sites is 1. The van der Waals surface area contributed by atoms with Crippen LogP contribution < -0.4 is 4.90 Å². The van der Waals surface area contributed by atoms with Crippen LogP contribution in [0.4, 0.5) is 17.1 Å². The normalized spacial score (nSPS) is 17.7. The number of rotatable bonds is 9. The quantitative estimate of drug-likeness (QED) is 0.131. The Hall–Kier alpha value is -7.74. The second kappa shape index (κ2) is 16.2. The SMILES string of the molecule is CCC1(CC)c2cc(/C=C/c3cccc4c(-c5ccccc5)ccc(C5C=CC=CC5)c34)ccc2-c2ccc(N(c3ccccc3)c3ccc4c(c3)C3c5ccccc5C4c4ccccc43)cc21. The summed E-state index contributed by atoms with van der Waals surface area (Å²) in [5.41, 5.74) is 24.1. The summed E-state index contributed by atoms with van der Waals surface area (Å²) in [6.07, 6.45) is 16.8. The molecule has 5 aliphatic rings. The molecule has 1 atom stereocenters. The van der Waals surface area contributed by atoms with Crippen molar-refractivity contribution in [3.8, 4) is 22.3 Å². The van der Waals surface area contributed by atoms with E-state index in [-0.39, 0.29) is 17.3 Å². The van der Waals surface area contributed by atoms with Crippen molar-refractivity contribution in [2.24, 2.45) is 0 Å². The Morgan fingerprint density at radius 1 is 0.471 bits per heavy atom. The van der Waals surface area contributed by atoms with Gasteiger partial charge < -0.3 is 4.90 Å². The van der Waals surface area contributed by atoms with Crippen molar-refractivity contribution in [2.75, 3.05) is 4.90 Å². The molecule has 0 radical (unpaired) electrons. The second-order valence-corrected chi connectivity index (χ2v) is 19.3. The number of nitrogens with zero attached hydrogens (tertiary/aromatic N) is 1. The van der Waals surface area contributed by atoms with Crippen molar-refractivity contribution in [1.29, 1.82) is 0 Å². The van der Waals surface area contributed by atoms with E-state index in [0.717, 1.165) is 19.3 Å². The number of hydrogen-bond acceptors (Lipinski definition) is 1. The maximum absolute atomic E-state index is 2.53. The lowest BCUT2D eigenvalue weighted by Crippen LogP contribution is -2.27. The highest BCUT2D eigenvalue weighted by molar-refractivity contribution is 6.04. The van der Waals surface area contributed by atoms with Gasteiger partial charge in [-0.05, 0) is 150 Å². The van der Waals surface area contributed by atoms with Gasteiger partial charge in [-0.3, -0.25) is 0 Å². The van der Waals surface area contributed by atoms with Gasteiger partial charge in [0.25, 0.3) is 0 Å². The zero-order valence-electron chi connectivity index (χ0n) is 38.7. The van der Waals surface area contributed by atoms with Gasteiger partial charge in [-0.2, -0.15) is 0 Å². The van der Waals surface area contributed by atoms with E-state index in [4.69, 9.17) is 0 Å². The van der Waals surface area contributed by atoms with Crippen molar-refractivity contribution < 1.29 is 0 Å². The van der Waals surface area contributed by atoms with Crippen LogP contribution in [0, 0.1) is 0 Å². The molecule has 0 heterocycles. The lowest BCUT2D eigenvalue weighted by Gasteiger charge is -2.42. The van der Waals surface area contributed by atoms with E-state index in [1.807, 2.05) is 0 Å². The second-order valence-electron chi connectivity index (χ2n) is 19.3. The highest BCUT2D eigenvalue weighted by Gasteiger charge is 2.43. The first-order chi connectivity index (χ1) is 33.6. The lowest BCUT2D eigenvalue weighted by molar-refractivity contribution is 0.490. The number of hydrogen-bond donors (Lipinski definition) is 0. The first-order valence-corrected chi connectivity index (χ1v) is 24.7. The van der Waals surface area contributed by atoms with Crippen molar-refractivity contribution >= 4 is 40.0 Å². The molecule has 5 aliphatic carbocycles. The first kappa shape index (κ1) is 40.5. The third-order valence-electron chi connectivity index (χ3n) is 16.1. The molecule has 326 valence electrons. The molecule has 0 saturated carbocycles. The molecule has 0 amide bonds. The maximum Gasteiger partial charge on any atom is 0.0465 e. The largest absolute Gasteiger partial charge is 0.310 e. The monoisotopic (exact) mass is 871 g/mol. The molecule has 9 aromatic carbocycles. The minimum absolute atomic E-state index is 0.118. The summed E-state index contributed by atoms with van der Waals surface area (Å²) in [4.78, 5) is 2.49. The minimum Gasteiger partial charge on any atom is -0.310 e. The predicted molar refractivity (Wildman–Crippen MR) is 287 cm³/mol. The number of fused-ring (bicyclic) bond motifs is 4. The van der Waals surface area contributed by atoms with E-state index < -0.39 is 0 Å². The van der Waals surface area contributed by atoms with E-state index in [2.05, 4.69) is 249 Å². The zero-order chi connectivity index (χ0) is 45.3. The Morgan fingerprint density at radius 3 is 1.75 bits per heavy atom. The highest BCUT2D eigenvalue weighted by atomic mass is 15.1. The molecular weight excluding hydrogens is 819 g/mol. The molecule has 14 rings (SSSR count). The fraction of sp³-hybridized carbons (Fsp3) is 0.134. The average molecular weight is 872 g/mol. The van der Waals surface area contributed by atoms with Gasteiger partial charge in [0.2, 0.25) is 0 Å². The van der Waals surface area contributed by atoms with Gasteiger partial charge in [-0.25, -0.2) is 0 Å². The maximum atomic E-state index is 2.53. The molecule has 0 spiro atoms. The van der Waals surface area contributed by atoms with E-state index >= 15 is 0 Å². The van der Waals surface area contributed by atoms with Crippen molar-refractivity contribution in [2.45, 2.75) is 56.3 Å². The standard InChI is InChI=1S/C67H53N/c1-3-67(4-2)62-41-44(31-33-47-23-18-30-55-51(45-19-8-5-9-20-45)39-40-52(64(47)55)46-21-10-6-11-22-46)32-36-53(62)54-37-34-50(43-63(54)67)68(48-24-12-7-13-25-48)49-35-38-60-61(42-49)66-58-28-16-14-26-56(58)65(60)57-27-15-17-29-59(57)66/h5-21,23-43,46,65-66H,3-4,22H2,1-2H3/b33-31+. The fourth-order valence-corrected chi connectivity index (χ4v) is 12.8. The van der Waals surface area contributed by atoms with Crippen LogP contribution in [0.1, 0.15) is 112 Å². The molecule has 0 N–H and O–H groups in total. The third-order valence-corrected chi connectivity index (χ3v) is 16.1. The smallest absolute Gasteiger partial charge is 0.0465 e. The number of anilines is 3. The molecule has 9 aromatic rings. The summed E-state index contributed by atoms with van der Waals surface area (Å²) in [5, 5.41) is 2.65. The first-order valence-electron chi connectivity index (χ1n) is 24.7. The van der Waals surface area contributed by atoms with Gasteiger partial charge in [-0.15, -0.1) is 0 Å². The Morgan fingerprint density at radius 2 is 1.06 bits per heavy atom. The van der Waals surface area contributed by atoms with Gasteiger partial charge in [-0.1, -0.05) is 208 Å². The topological polar surface area (TPSA) is 3.24 Å². The Balaban J connectivity index is 0.894. The molecule has 68 heavy (non-hydrogen) atoms. The molecule has 0 fully saturated rings. The van der Waals surface area contributed by atoms with Crippen molar-refractivity contribution in [1.82, 2.24) is 0 Å². The third kappa shape index (κ3) is 6.22. The molecular formula is C67H53N. The van der Waals surface area contributed by atoms with E-state index in [0.29, 0.717) is 5.92 Å². The average Bonchev–Trinajstić information content (AvgIpc) is 3.69. The van der Waals surface area contributed by atoms with Gasteiger partial charge in [0.1, 0.15) is 0 Å². The van der Waals surface area contributed by atoms with Crippen molar-refractivity contribution in [3.05, 3.63) is 280 Å². The van der Waals surface area contributed by atoms with Crippen LogP contribution in [-0.2, 0) is 5.41 Å². The lowest BCUT2D eigenvalue weighted by atomic mass is 9.61. The zero-order valence-corrected chi connectivity index (χ0v) is 38.7. The summed E-state index contributed by atoms with van der Waals surface area (Å²) < 4.78 is 0. The minimum atomic E-state index is -0.118. The van der Waals surface area contributed by atoms with E-state index in [9.17, 15) is 0 Å². The van der Waals surface area contributed by atoms with E-state index in [1.54, 1.807) is 0 Å². The number of allylic oxidation sites excluding steroid dienone is 4. The molecule has 0 saturated heterocycles. The Labute approximate surface area is 401 Å². The summed E-state index contributed by atoms with van der Waals surface area (Å²) in [7, 11) is 0. The number of benzene rings is 9. The highest BCUT2D eigenvalue weighted by Crippen LogP contribution is 2.58. The summed E-state index contributed by atoms with van der Waals surface area (Å²) >= 11 is 0. The molecule has 1 unspecified atom stereocenters. The molecule has 0 aromatic heterocycles. The van der Waals surface area contributed by atoms with Gasteiger partial charge in [0.15, 0.2) is 0 Å². The van der Waals surface area contributed by atoms with Gasteiger partial charge >= 0.3 is 0 Å². The Bertz CT molecular complexity index is 3480. The molecule has 2 bridgehead atoms. The summed E-state index contributed by atoms with van der Waals surface area (Å²) in [6.45, 7) is 4.77. The molecule has 1 nitrogen and oxygen atoms in total. The molecule has 0 aliphatic heterocycles. The summed E-state index contributed by atoms with van der Waals surface area (Å²) in [5.74, 6) is 0.810. The molecule has 1 heteroatoms. The van der Waals surface area contributed by atoms with Gasteiger partial charge in [0.05, 0.1) is 0 Å². The van der Waals surface area contributed by atoms with Crippen LogP contribution >= 0.6 is 0 Å². The van der Waals surface area contributed by atoms with Gasteiger partial charge in [0, 0.05) is 40.2 Å². The van der Waals surface area contributed by atoms with Crippen LogP contribution in [0.3, 0.4) is 0 Å². The van der Waals surface area contributed by atoms with Crippen LogP contribution in [0.5, 0.6) is 0 Å². The van der Waals surface area contributed by atoms with Crippen LogP contribution in [0.2, 0.25) is 0 Å². The van der Waals surface area contributed by atoms with Crippen LogP contribution in [-0.4, -0.2) is 0 Å². The Kier molecular flexibility index (Phi) is 9.68. The van der Waals surface area contributed by atoms with E-state index in [1.165, 1.54) is 111 Å². The predicted octanol–water partition coefficient (Wildman–Crippen LogP) is 17.8. The van der Waals surface area contributed by atoms with Crippen LogP contribution in [0.25, 0.3) is 45.2 Å². The van der Waals surface area contributed by atoms with Crippen molar-refractivity contribution in [3.63, 3.8) is 0 Å². The fourth-order valence-electron chi connectivity index (χ4n) is 12.8. The summed E-state index contributed by atoms with van der Waals surface area (Å²) in [6, 6.07) is 73.5.